The quantitative estimate of drug-likeness (QED) is 0.830. The highest BCUT2D eigenvalue weighted by Gasteiger charge is 2.09. The van der Waals surface area contributed by atoms with E-state index in [-0.39, 0.29) is 11.5 Å². The van der Waals surface area contributed by atoms with Crippen molar-refractivity contribution < 1.29 is 18.6 Å². The minimum atomic E-state index is -2.82. The fourth-order valence-electron chi connectivity index (χ4n) is 1.54. The highest BCUT2D eigenvalue weighted by Crippen LogP contribution is 2.29. The number of ether oxygens (including phenoxy) is 1. The van der Waals surface area contributed by atoms with Gasteiger partial charge in [0.05, 0.1) is 0 Å². The average Bonchev–Trinajstić information content (AvgIpc) is 2.39. The highest BCUT2D eigenvalue weighted by molar-refractivity contribution is 7.98. The Morgan fingerprint density at radius 1 is 1.05 bits per heavy atom. The number of thioether (sulfide) groups is 1. The summed E-state index contributed by atoms with van der Waals surface area (Å²) in [6.07, 6.45) is 0. The van der Waals surface area contributed by atoms with Crippen LogP contribution in [0.15, 0.2) is 53.4 Å². The molecule has 2 rings (SSSR count). The molecule has 19 heavy (non-hydrogen) atoms. The van der Waals surface area contributed by atoms with Gasteiger partial charge in [0.1, 0.15) is 11.5 Å². The van der Waals surface area contributed by atoms with Gasteiger partial charge in [0.15, 0.2) is 0 Å². The summed E-state index contributed by atoms with van der Waals surface area (Å²) >= 11 is 1.49. The van der Waals surface area contributed by atoms with E-state index in [1.165, 1.54) is 17.8 Å². The van der Waals surface area contributed by atoms with Crippen LogP contribution in [-0.4, -0.2) is 11.7 Å². The van der Waals surface area contributed by atoms with E-state index in [2.05, 4.69) is 4.74 Å². The largest absolute Gasteiger partial charge is 0.508 e. The number of aromatic hydroxyl groups is 1. The van der Waals surface area contributed by atoms with E-state index >= 15 is 0 Å². The summed E-state index contributed by atoms with van der Waals surface area (Å²) in [5.41, 5.74) is 0.709. The van der Waals surface area contributed by atoms with Crippen molar-refractivity contribution >= 4 is 11.8 Å². The second kappa shape index (κ2) is 6.43. The molecular formula is C14H12F2O2S. The van der Waals surface area contributed by atoms with E-state index in [1.54, 1.807) is 42.5 Å². The van der Waals surface area contributed by atoms with Crippen molar-refractivity contribution in [1.82, 2.24) is 0 Å². The molecule has 1 N–H and O–H groups in total. The second-order valence-corrected chi connectivity index (χ2v) is 4.82. The topological polar surface area (TPSA) is 29.5 Å². The van der Waals surface area contributed by atoms with Gasteiger partial charge in [-0.25, -0.2) is 0 Å². The molecule has 5 heteroatoms. The third kappa shape index (κ3) is 4.13. The van der Waals surface area contributed by atoms with Crippen molar-refractivity contribution in [2.75, 3.05) is 0 Å². The van der Waals surface area contributed by atoms with Crippen LogP contribution in [0.25, 0.3) is 0 Å². The number of benzene rings is 2. The van der Waals surface area contributed by atoms with Gasteiger partial charge in [-0.3, -0.25) is 0 Å². The monoisotopic (exact) mass is 282 g/mol. The molecule has 0 aromatic heterocycles. The summed E-state index contributed by atoms with van der Waals surface area (Å²) < 4.78 is 29.0. The molecule has 0 aliphatic heterocycles. The number of phenols is 1. The lowest BCUT2D eigenvalue weighted by molar-refractivity contribution is -0.0503. The molecule has 0 spiro atoms. The number of para-hydroxylation sites is 1. The van der Waals surface area contributed by atoms with Gasteiger partial charge in [-0.15, -0.1) is 11.8 Å². The molecule has 0 fully saturated rings. The lowest BCUT2D eigenvalue weighted by Gasteiger charge is -2.10. The van der Waals surface area contributed by atoms with Gasteiger partial charge in [-0.1, -0.05) is 18.2 Å². The Morgan fingerprint density at radius 3 is 2.42 bits per heavy atom. The minimum Gasteiger partial charge on any atom is -0.508 e. The van der Waals surface area contributed by atoms with E-state index in [0.29, 0.717) is 11.3 Å². The molecule has 0 radical (unpaired) electrons. The maximum absolute atomic E-state index is 12.3. The van der Waals surface area contributed by atoms with Crippen LogP contribution in [0.3, 0.4) is 0 Å². The maximum Gasteiger partial charge on any atom is 0.387 e. The molecule has 0 bridgehead atoms. The van der Waals surface area contributed by atoms with Crippen molar-refractivity contribution in [2.45, 2.75) is 17.3 Å². The number of alkyl halides is 2. The molecule has 100 valence electrons. The van der Waals surface area contributed by atoms with Crippen molar-refractivity contribution in [3.63, 3.8) is 0 Å². The predicted molar refractivity (Wildman–Crippen MR) is 70.7 cm³/mol. The van der Waals surface area contributed by atoms with Crippen LogP contribution in [0, 0.1) is 0 Å². The number of hydrogen-bond donors (Lipinski definition) is 1. The first-order valence-corrected chi connectivity index (χ1v) is 6.58. The standard InChI is InChI=1S/C14H12F2O2S/c15-14(16)18-13-4-2-1-3-10(13)9-19-12-7-5-11(17)6-8-12/h1-8,14,17H,9H2. The zero-order valence-electron chi connectivity index (χ0n) is 9.92. The van der Waals surface area contributed by atoms with Gasteiger partial charge in [0.2, 0.25) is 0 Å². The van der Waals surface area contributed by atoms with Crippen LogP contribution in [-0.2, 0) is 5.75 Å². The van der Waals surface area contributed by atoms with E-state index in [9.17, 15) is 13.9 Å². The van der Waals surface area contributed by atoms with Crippen molar-refractivity contribution in [1.29, 1.82) is 0 Å². The van der Waals surface area contributed by atoms with Gasteiger partial charge in [-0.2, -0.15) is 8.78 Å². The van der Waals surface area contributed by atoms with Crippen LogP contribution in [0.5, 0.6) is 11.5 Å². The molecular weight excluding hydrogens is 270 g/mol. The van der Waals surface area contributed by atoms with Crippen LogP contribution >= 0.6 is 11.8 Å². The Labute approximate surface area is 114 Å². The number of rotatable bonds is 5. The Bertz CT molecular complexity index is 529. The summed E-state index contributed by atoms with van der Waals surface area (Å²) in [7, 11) is 0. The molecule has 0 aliphatic rings. The molecule has 2 aromatic rings. The van der Waals surface area contributed by atoms with Crippen LogP contribution in [0.2, 0.25) is 0 Å². The SMILES string of the molecule is Oc1ccc(SCc2ccccc2OC(F)F)cc1. The first kappa shape index (κ1) is 13.7. The molecule has 0 atom stereocenters. The zero-order chi connectivity index (χ0) is 13.7. The third-order valence-corrected chi connectivity index (χ3v) is 3.48. The fourth-order valence-corrected chi connectivity index (χ4v) is 2.43. The van der Waals surface area contributed by atoms with Gasteiger partial charge in [-0.05, 0) is 30.3 Å². The van der Waals surface area contributed by atoms with Gasteiger partial charge < -0.3 is 9.84 Å². The average molecular weight is 282 g/mol. The van der Waals surface area contributed by atoms with Crippen molar-refractivity contribution in [3.05, 3.63) is 54.1 Å². The first-order valence-electron chi connectivity index (χ1n) is 5.59. The molecule has 0 saturated carbocycles. The maximum atomic E-state index is 12.3. The Balaban J connectivity index is 2.04. The molecule has 0 amide bonds. The Morgan fingerprint density at radius 2 is 1.74 bits per heavy atom. The fraction of sp³-hybridized carbons (Fsp3) is 0.143. The normalized spacial score (nSPS) is 10.7. The first-order chi connectivity index (χ1) is 9.15. The summed E-state index contributed by atoms with van der Waals surface area (Å²) in [5, 5.41) is 9.17. The molecule has 0 unspecified atom stereocenters. The van der Waals surface area contributed by atoms with E-state index in [4.69, 9.17) is 0 Å². The van der Waals surface area contributed by atoms with Gasteiger partial charge in [0, 0.05) is 16.2 Å². The van der Waals surface area contributed by atoms with Gasteiger partial charge >= 0.3 is 6.61 Å². The zero-order valence-corrected chi connectivity index (χ0v) is 10.7. The molecule has 2 nitrogen and oxygen atoms in total. The summed E-state index contributed by atoms with van der Waals surface area (Å²) in [4.78, 5) is 0.949. The minimum absolute atomic E-state index is 0.198. The predicted octanol–water partition coefficient (Wildman–Crippen LogP) is 4.29. The number of halogens is 2. The highest BCUT2D eigenvalue weighted by atomic mass is 32.2. The van der Waals surface area contributed by atoms with E-state index in [0.717, 1.165) is 4.90 Å². The molecule has 0 saturated heterocycles. The number of phenolic OH excluding ortho intramolecular Hbond substituents is 1. The Kier molecular flexibility index (Phi) is 4.63. The lowest BCUT2D eigenvalue weighted by Crippen LogP contribution is -2.03. The van der Waals surface area contributed by atoms with Crippen LogP contribution in [0.4, 0.5) is 8.78 Å². The van der Waals surface area contributed by atoms with Crippen molar-refractivity contribution in [2.24, 2.45) is 0 Å². The summed E-state index contributed by atoms with van der Waals surface area (Å²) in [6.45, 7) is -2.82. The molecule has 0 aliphatic carbocycles. The Hall–Kier alpha value is -1.75. The smallest absolute Gasteiger partial charge is 0.387 e. The lowest BCUT2D eigenvalue weighted by atomic mass is 10.2. The number of hydrogen-bond acceptors (Lipinski definition) is 3. The van der Waals surface area contributed by atoms with Crippen LogP contribution < -0.4 is 4.74 Å². The summed E-state index contributed by atoms with van der Waals surface area (Å²) in [5.74, 6) is 0.919. The summed E-state index contributed by atoms with van der Waals surface area (Å²) in [6, 6.07) is 13.4. The second-order valence-electron chi connectivity index (χ2n) is 3.77. The van der Waals surface area contributed by atoms with E-state index < -0.39 is 6.61 Å². The van der Waals surface area contributed by atoms with Crippen molar-refractivity contribution in [3.8, 4) is 11.5 Å². The van der Waals surface area contributed by atoms with Crippen LogP contribution in [0.1, 0.15) is 5.56 Å². The molecule has 0 heterocycles. The van der Waals surface area contributed by atoms with E-state index in [1.807, 2.05) is 0 Å². The van der Waals surface area contributed by atoms with Gasteiger partial charge in [0.25, 0.3) is 0 Å². The third-order valence-electron chi connectivity index (χ3n) is 2.42. The molecule has 2 aromatic carbocycles.